The van der Waals surface area contributed by atoms with Crippen molar-refractivity contribution < 1.29 is 19.5 Å². The van der Waals surface area contributed by atoms with Crippen LogP contribution in [0.1, 0.15) is 26.7 Å². The van der Waals surface area contributed by atoms with Gasteiger partial charge in [0.15, 0.2) is 0 Å². The van der Waals surface area contributed by atoms with Crippen LogP contribution in [0.2, 0.25) is 0 Å². The molecule has 0 aromatic carbocycles. The number of nitrogens with one attached hydrogen (secondary N) is 2. The van der Waals surface area contributed by atoms with Crippen LogP contribution in [0.5, 0.6) is 0 Å². The van der Waals surface area contributed by atoms with Gasteiger partial charge in [-0.05, 0) is 25.6 Å². The molecule has 0 spiro atoms. The van der Waals surface area contributed by atoms with E-state index in [1.165, 1.54) is 0 Å². The molecule has 2 amide bonds. The molecule has 8 heteroatoms. The summed E-state index contributed by atoms with van der Waals surface area (Å²) in [6.45, 7) is 6.27. The van der Waals surface area contributed by atoms with Gasteiger partial charge in [-0.15, -0.1) is 0 Å². The summed E-state index contributed by atoms with van der Waals surface area (Å²) in [6, 6.07) is 0. The van der Waals surface area contributed by atoms with Crippen molar-refractivity contribution in [3.63, 3.8) is 0 Å². The number of hydroxylamine groups is 1. The lowest BCUT2D eigenvalue weighted by molar-refractivity contribution is -0.144. The van der Waals surface area contributed by atoms with Gasteiger partial charge in [-0.1, -0.05) is 25.8 Å². The molecule has 0 unspecified atom stereocenters. The summed E-state index contributed by atoms with van der Waals surface area (Å²) >= 11 is 1.61. The van der Waals surface area contributed by atoms with Crippen LogP contribution < -0.4 is 10.2 Å². The molecule has 1 aliphatic rings. The lowest BCUT2D eigenvalue weighted by atomic mass is 9.92. The van der Waals surface area contributed by atoms with E-state index in [2.05, 4.69) is 4.72 Å². The molecule has 0 saturated carbocycles. The molecule has 1 aliphatic heterocycles. The highest BCUT2D eigenvalue weighted by atomic mass is 32.2. The van der Waals surface area contributed by atoms with Crippen molar-refractivity contribution >= 4 is 23.8 Å². The van der Waals surface area contributed by atoms with Gasteiger partial charge in [0, 0.05) is 25.4 Å². The molecule has 0 aliphatic carbocycles. The maximum atomic E-state index is 12.3. The van der Waals surface area contributed by atoms with Gasteiger partial charge in [0.05, 0.1) is 13.2 Å². The third-order valence-electron chi connectivity index (χ3n) is 3.19. The number of ether oxygens (including phenoxy) is 1. The zero-order chi connectivity index (χ0) is 17.0. The van der Waals surface area contributed by atoms with Crippen molar-refractivity contribution in [3.8, 4) is 0 Å². The highest BCUT2D eigenvalue weighted by Gasteiger charge is 2.28. The highest BCUT2D eigenvalue weighted by Crippen LogP contribution is 2.19. The molecule has 1 atom stereocenters. The van der Waals surface area contributed by atoms with E-state index in [1.807, 2.05) is 27.2 Å². The first-order valence-electron chi connectivity index (χ1n) is 7.45. The minimum Gasteiger partial charge on any atom is -0.378 e. The monoisotopic (exact) mass is 335 g/mol. The van der Waals surface area contributed by atoms with E-state index >= 15 is 0 Å². The molecular formula is C14H29N3O4S. The lowest BCUT2D eigenvalue weighted by Crippen LogP contribution is -2.45. The number of morpholine rings is 1. The fraction of sp³-hybridized carbons (Fsp3) is 0.857. The Bertz CT molecular complexity index is 321. The molecular weight excluding hydrogens is 306 g/mol. The van der Waals surface area contributed by atoms with E-state index in [0.29, 0.717) is 38.6 Å². The van der Waals surface area contributed by atoms with Gasteiger partial charge in [-0.3, -0.25) is 19.5 Å². The van der Waals surface area contributed by atoms with Crippen LogP contribution in [0.4, 0.5) is 0 Å². The van der Waals surface area contributed by atoms with E-state index in [0.717, 1.165) is 0 Å². The zero-order valence-electron chi connectivity index (χ0n) is 13.9. The average Bonchev–Trinajstić information content (AvgIpc) is 2.54. The number of nitrogens with zero attached hydrogens (tertiary/aromatic N) is 1. The summed E-state index contributed by atoms with van der Waals surface area (Å²) in [7, 11) is 1.89. The minimum atomic E-state index is -0.512. The van der Waals surface area contributed by atoms with Gasteiger partial charge in [0.25, 0.3) is 0 Å². The number of hydrogen-bond donors (Lipinski definition) is 3. The summed E-state index contributed by atoms with van der Waals surface area (Å²) < 4.78 is 8.05. The standard InChI is InChI=1S/C12H22N2O4.C2H7NS/c1-9(2)7-10(8-11(15)13-17)12(16)14-3-5-18-6-4-14;1-3-4-2/h9-10,17H,3-8H2,1-2H3,(H,13,15);3H,1-2H3/t10-;/m1./s1. The second-order valence-corrected chi connectivity index (χ2v) is 6.23. The first-order chi connectivity index (χ1) is 10.5. The predicted octanol–water partition coefficient (Wildman–Crippen LogP) is 0.887. The van der Waals surface area contributed by atoms with E-state index in [1.54, 1.807) is 22.3 Å². The minimum absolute atomic E-state index is 0.0180. The molecule has 1 fully saturated rings. The molecule has 0 radical (unpaired) electrons. The van der Waals surface area contributed by atoms with Gasteiger partial charge < -0.3 is 9.64 Å². The molecule has 7 nitrogen and oxygen atoms in total. The van der Waals surface area contributed by atoms with E-state index in [4.69, 9.17) is 9.94 Å². The molecule has 0 aromatic heterocycles. The van der Waals surface area contributed by atoms with E-state index < -0.39 is 5.91 Å². The van der Waals surface area contributed by atoms with Gasteiger partial charge in [0.2, 0.25) is 11.8 Å². The average molecular weight is 335 g/mol. The number of carbonyl (C=O) groups is 2. The van der Waals surface area contributed by atoms with Crippen LogP contribution in [0.3, 0.4) is 0 Å². The second-order valence-electron chi connectivity index (χ2n) is 5.41. The number of carbonyl (C=O) groups excluding carboxylic acids is 2. The molecule has 0 bridgehead atoms. The third kappa shape index (κ3) is 9.24. The lowest BCUT2D eigenvalue weighted by Gasteiger charge is -2.30. The molecule has 1 saturated heterocycles. The van der Waals surface area contributed by atoms with Crippen molar-refractivity contribution in [2.45, 2.75) is 26.7 Å². The summed E-state index contributed by atoms with van der Waals surface area (Å²) in [6.07, 6.45) is 2.66. The van der Waals surface area contributed by atoms with Crippen molar-refractivity contribution in [1.29, 1.82) is 0 Å². The predicted molar refractivity (Wildman–Crippen MR) is 87.5 cm³/mol. The Morgan fingerprint density at radius 1 is 1.32 bits per heavy atom. The summed E-state index contributed by atoms with van der Waals surface area (Å²) in [5.74, 6) is -0.570. The summed E-state index contributed by atoms with van der Waals surface area (Å²) in [4.78, 5) is 25.3. The van der Waals surface area contributed by atoms with Crippen LogP contribution in [0, 0.1) is 11.8 Å². The fourth-order valence-corrected chi connectivity index (χ4v) is 2.15. The van der Waals surface area contributed by atoms with Crippen LogP contribution in [-0.2, 0) is 14.3 Å². The number of hydrogen-bond acceptors (Lipinski definition) is 6. The Hall–Kier alpha value is -0.830. The Morgan fingerprint density at radius 2 is 1.86 bits per heavy atom. The first kappa shape index (κ1) is 21.2. The van der Waals surface area contributed by atoms with Crippen molar-refractivity contribution in [1.82, 2.24) is 15.1 Å². The molecule has 1 heterocycles. The first-order valence-corrected chi connectivity index (χ1v) is 8.67. The maximum absolute atomic E-state index is 12.3. The smallest absolute Gasteiger partial charge is 0.244 e. The van der Waals surface area contributed by atoms with Gasteiger partial charge in [-0.25, -0.2) is 5.48 Å². The van der Waals surface area contributed by atoms with Crippen LogP contribution in [0.25, 0.3) is 0 Å². The van der Waals surface area contributed by atoms with E-state index in [-0.39, 0.29) is 18.2 Å². The van der Waals surface area contributed by atoms with Crippen LogP contribution >= 0.6 is 11.9 Å². The largest absolute Gasteiger partial charge is 0.378 e. The Morgan fingerprint density at radius 3 is 2.27 bits per heavy atom. The molecule has 1 rings (SSSR count). The van der Waals surface area contributed by atoms with Gasteiger partial charge in [-0.2, -0.15) is 0 Å². The van der Waals surface area contributed by atoms with Crippen molar-refractivity contribution in [3.05, 3.63) is 0 Å². The highest BCUT2D eigenvalue weighted by molar-refractivity contribution is 7.96. The fourth-order valence-electron chi connectivity index (χ4n) is 2.15. The zero-order valence-corrected chi connectivity index (χ0v) is 14.7. The molecule has 130 valence electrons. The SMILES string of the molecule is CC(C)C[C@H](CC(=O)NO)C(=O)N1CCOCC1.CNSC. The van der Waals surface area contributed by atoms with Gasteiger partial charge >= 0.3 is 0 Å². The normalized spacial score (nSPS) is 15.8. The second kappa shape index (κ2) is 12.7. The third-order valence-corrected chi connectivity index (χ3v) is 3.60. The summed E-state index contributed by atoms with van der Waals surface area (Å²) in [5, 5.41) is 8.57. The van der Waals surface area contributed by atoms with Crippen LogP contribution in [0.15, 0.2) is 0 Å². The Balaban J connectivity index is 0.000000980. The number of rotatable bonds is 6. The van der Waals surface area contributed by atoms with Crippen molar-refractivity contribution in [2.75, 3.05) is 39.6 Å². The quantitative estimate of drug-likeness (QED) is 0.379. The Kier molecular flexibility index (Phi) is 12.2. The Labute approximate surface area is 137 Å². The summed E-state index contributed by atoms with van der Waals surface area (Å²) in [5.41, 5.74) is 1.59. The topological polar surface area (TPSA) is 90.9 Å². The maximum Gasteiger partial charge on any atom is 0.244 e. The molecule has 3 N–H and O–H groups in total. The van der Waals surface area contributed by atoms with Crippen molar-refractivity contribution in [2.24, 2.45) is 11.8 Å². The number of amides is 2. The van der Waals surface area contributed by atoms with Gasteiger partial charge in [0.1, 0.15) is 0 Å². The van der Waals surface area contributed by atoms with E-state index in [9.17, 15) is 9.59 Å². The molecule has 0 aromatic rings. The van der Waals surface area contributed by atoms with Crippen LogP contribution in [-0.4, -0.2) is 61.5 Å². The molecule has 22 heavy (non-hydrogen) atoms.